The molecule has 1 amide bonds. The molecule has 0 bridgehead atoms. The third kappa shape index (κ3) is 1.79. The summed E-state index contributed by atoms with van der Waals surface area (Å²) < 4.78 is 0. The second-order valence-corrected chi connectivity index (χ2v) is 4.70. The van der Waals surface area contributed by atoms with Crippen molar-refractivity contribution in [1.29, 1.82) is 0 Å². The van der Waals surface area contributed by atoms with Crippen LogP contribution in [-0.2, 0) is 4.79 Å². The highest BCUT2D eigenvalue weighted by Crippen LogP contribution is 2.29. The van der Waals surface area contributed by atoms with E-state index in [1.165, 1.54) is 0 Å². The van der Waals surface area contributed by atoms with Crippen LogP contribution < -0.4 is 10.6 Å². The molecule has 92 valence electrons. The summed E-state index contributed by atoms with van der Waals surface area (Å²) in [6.07, 6.45) is 3.13. The molecule has 0 radical (unpaired) electrons. The first-order valence-electron chi connectivity index (χ1n) is 5.54. The van der Waals surface area contributed by atoms with Gasteiger partial charge in [-0.2, -0.15) is 0 Å². The number of nitrogen functional groups attached to an aromatic ring is 1. The monoisotopic (exact) mass is 235 g/mol. The van der Waals surface area contributed by atoms with Gasteiger partial charge in [-0.15, -0.1) is 0 Å². The van der Waals surface area contributed by atoms with Crippen molar-refractivity contribution < 1.29 is 4.79 Å². The fourth-order valence-electron chi connectivity index (χ4n) is 2.13. The van der Waals surface area contributed by atoms with Crippen LogP contribution in [0.2, 0.25) is 0 Å². The Balaban J connectivity index is 2.40. The quantitative estimate of drug-likeness (QED) is 0.748. The maximum absolute atomic E-state index is 12.1. The van der Waals surface area contributed by atoms with Crippen molar-refractivity contribution in [1.82, 2.24) is 14.9 Å². The lowest BCUT2D eigenvalue weighted by Crippen LogP contribution is -2.62. The number of hydrogen-bond acceptors (Lipinski definition) is 5. The number of nitrogens with two attached hydrogens (primary N) is 1. The number of likely N-dealkylation sites (N-methyl/N-ethyl adjacent to an activating group) is 1. The predicted molar refractivity (Wildman–Crippen MR) is 65.5 cm³/mol. The van der Waals surface area contributed by atoms with E-state index < -0.39 is 5.54 Å². The van der Waals surface area contributed by atoms with Gasteiger partial charge >= 0.3 is 0 Å². The van der Waals surface area contributed by atoms with Gasteiger partial charge in [0.1, 0.15) is 5.54 Å². The van der Waals surface area contributed by atoms with Crippen molar-refractivity contribution in [2.45, 2.75) is 19.4 Å². The minimum atomic E-state index is -0.642. The number of carbonyl (C=O) groups is 1. The van der Waals surface area contributed by atoms with E-state index in [-0.39, 0.29) is 5.91 Å². The molecule has 1 fully saturated rings. The zero-order valence-corrected chi connectivity index (χ0v) is 10.3. The Bertz CT molecular complexity index is 445. The van der Waals surface area contributed by atoms with Crippen LogP contribution >= 0.6 is 0 Å². The highest BCUT2D eigenvalue weighted by atomic mass is 16.2. The van der Waals surface area contributed by atoms with Crippen molar-refractivity contribution in [2.75, 3.05) is 30.8 Å². The molecule has 6 nitrogen and oxygen atoms in total. The summed E-state index contributed by atoms with van der Waals surface area (Å²) in [5.41, 5.74) is 5.17. The molecule has 1 aromatic heterocycles. The molecule has 1 aliphatic heterocycles. The van der Waals surface area contributed by atoms with E-state index in [4.69, 9.17) is 5.73 Å². The number of carbonyl (C=O) groups excluding carboxylic acids is 1. The van der Waals surface area contributed by atoms with E-state index in [2.05, 4.69) is 9.97 Å². The van der Waals surface area contributed by atoms with Crippen molar-refractivity contribution in [3.8, 4) is 0 Å². The lowest BCUT2D eigenvalue weighted by atomic mass is 9.98. The molecule has 0 aliphatic carbocycles. The molecule has 1 aliphatic rings. The Morgan fingerprint density at radius 1 is 1.29 bits per heavy atom. The molecular weight excluding hydrogens is 218 g/mol. The van der Waals surface area contributed by atoms with Crippen LogP contribution in [0.1, 0.15) is 13.8 Å². The molecule has 0 saturated carbocycles. The van der Waals surface area contributed by atoms with Gasteiger partial charge in [0.2, 0.25) is 5.91 Å². The minimum Gasteiger partial charge on any atom is -0.381 e. The molecule has 6 heteroatoms. The summed E-state index contributed by atoms with van der Waals surface area (Å²) in [6.45, 7) is 5.12. The van der Waals surface area contributed by atoms with Gasteiger partial charge in [0.15, 0.2) is 11.6 Å². The van der Waals surface area contributed by atoms with Gasteiger partial charge in [-0.1, -0.05) is 0 Å². The number of aromatic nitrogens is 2. The number of amides is 1. The first kappa shape index (κ1) is 11.6. The van der Waals surface area contributed by atoms with Crippen LogP contribution in [0.4, 0.5) is 11.6 Å². The molecule has 17 heavy (non-hydrogen) atoms. The number of piperazine rings is 1. The second-order valence-electron chi connectivity index (χ2n) is 4.70. The van der Waals surface area contributed by atoms with Gasteiger partial charge in [0, 0.05) is 32.5 Å². The fourth-order valence-corrected chi connectivity index (χ4v) is 2.13. The maximum Gasteiger partial charge on any atom is 0.247 e. The number of nitrogens with zero attached hydrogens (tertiary/aromatic N) is 4. The molecule has 1 saturated heterocycles. The first-order valence-corrected chi connectivity index (χ1v) is 5.54. The summed E-state index contributed by atoms with van der Waals surface area (Å²) in [5.74, 6) is 1.01. The van der Waals surface area contributed by atoms with Crippen molar-refractivity contribution in [3.05, 3.63) is 12.4 Å². The van der Waals surface area contributed by atoms with Crippen LogP contribution in [0, 0.1) is 0 Å². The molecular formula is C11H17N5O. The third-order valence-corrected chi connectivity index (χ3v) is 3.17. The first-order chi connectivity index (χ1) is 7.94. The molecule has 0 aromatic carbocycles. The topological polar surface area (TPSA) is 75.3 Å². The van der Waals surface area contributed by atoms with Crippen LogP contribution in [-0.4, -0.2) is 46.5 Å². The minimum absolute atomic E-state index is 0.0637. The zero-order valence-electron chi connectivity index (χ0n) is 10.3. The molecule has 2 N–H and O–H groups in total. The Morgan fingerprint density at radius 2 is 1.94 bits per heavy atom. The normalized spacial score (nSPS) is 19.6. The maximum atomic E-state index is 12.1. The van der Waals surface area contributed by atoms with Gasteiger partial charge in [0.25, 0.3) is 0 Å². The Morgan fingerprint density at radius 3 is 2.59 bits per heavy atom. The number of hydrogen-bond donors (Lipinski definition) is 1. The van der Waals surface area contributed by atoms with E-state index in [1.54, 1.807) is 24.3 Å². The summed E-state index contributed by atoms with van der Waals surface area (Å²) >= 11 is 0. The summed E-state index contributed by atoms with van der Waals surface area (Å²) in [6, 6.07) is 0. The highest BCUT2D eigenvalue weighted by Gasteiger charge is 2.41. The van der Waals surface area contributed by atoms with E-state index in [9.17, 15) is 4.79 Å². The van der Waals surface area contributed by atoms with Crippen molar-refractivity contribution in [2.24, 2.45) is 0 Å². The molecule has 2 heterocycles. The number of anilines is 2. The van der Waals surface area contributed by atoms with Gasteiger partial charge < -0.3 is 15.5 Å². The van der Waals surface area contributed by atoms with Crippen molar-refractivity contribution >= 4 is 17.5 Å². The zero-order chi connectivity index (χ0) is 12.6. The average Bonchev–Trinajstić information content (AvgIpc) is 2.28. The second kappa shape index (κ2) is 3.87. The highest BCUT2D eigenvalue weighted by molar-refractivity contribution is 5.90. The van der Waals surface area contributed by atoms with Gasteiger partial charge in [-0.05, 0) is 13.8 Å². The largest absolute Gasteiger partial charge is 0.381 e. The van der Waals surface area contributed by atoms with Crippen LogP contribution in [0.15, 0.2) is 12.4 Å². The molecule has 0 atom stereocenters. The van der Waals surface area contributed by atoms with Crippen LogP contribution in [0.3, 0.4) is 0 Å². The third-order valence-electron chi connectivity index (χ3n) is 3.17. The predicted octanol–water partition coefficient (Wildman–Crippen LogP) is 0.116. The van der Waals surface area contributed by atoms with E-state index in [1.807, 2.05) is 18.7 Å². The van der Waals surface area contributed by atoms with Crippen molar-refractivity contribution in [3.63, 3.8) is 0 Å². The van der Waals surface area contributed by atoms with Gasteiger partial charge in [0.05, 0.1) is 0 Å². The van der Waals surface area contributed by atoms with Crippen LogP contribution in [0.5, 0.6) is 0 Å². The Labute approximate surface area is 100 Å². The average molecular weight is 235 g/mol. The smallest absolute Gasteiger partial charge is 0.247 e. The summed E-state index contributed by atoms with van der Waals surface area (Å²) in [7, 11) is 1.81. The van der Waals surface area contributed by atoms with Gasteiger partial charge in [-0.25, -0.2) is 9.97 Å². The summed E-state index contributed by atoms with van der Waals surface area (Å²) in [4.78, 5) is 24.0. The molecule has 0 spiro atoms. The van der Waals surface area contributed by atoms with Gasteiger partial charge in [-0.3, -0.25) is 4.79 Å². The molecule has 1 aromatic rings. The Hall–Kier alpha value is -1.85. The van der Waals surface area contributed by atoms with E-state index in [0.29, 0.717) is 24.7 Å². The van der Waals surface area contributed by atoms with E-state index in [0.717, 1.165) is 0 Å². The lowest BCUT2D eigenvalue weighted by Gasteiger charge is -2.45. The molecule has 2 rings (SSSR count). The van der Waals surface area contributed by atoms with Crippen LogP contribution in [0.25, 0.3) is 0 Å². The lowest BCUT2D eigenvalue weighted by molar-refractivity contribution is -0.136. The number of rotatable bonds is 1. The fraction of sp³-hybridized carbons (Fsp3) is 0.545. The summed E-state index contributed by atoms with van der Waals surface area (Å²) in [5, 5.41) is 0. The Kier molecular flexibility index (Phi) is 2.65. The standard InChI is InChI=1S/C11H17N5O/c1-11(2)10(17)15(3)6-7-16(11)9-8(12)13-4-5-14-9/h4-5H,6-7H2,1-3H3,(H2,12,13). The molecule has 0 unspecified atom stereocenters. The van der Waals surface area contributed by atoms with E-state index >= 15 is 0 Å². The SMILES string of the molecule is CN1CCN(c2nccnc2N)C(C)(C)C1=O.